The first-order valence-corrected chi connectivity index (χ1v) is 8.90. The average Bonchev–Trinajstić information content (AvgIpc) is 2.88. The van der Waals surface area contributed by atoms with E-state index in [1.54, 1.807) is 4.88 Å². The van der Waals surface area contributed by atoms with Gasteiger partial charge in [0.15, 0.2) is 0 Å². The molecule has 1 fully saturated rings. The predicted molar refractivity (Wildman–Crippen MR) is 85.4 cm³/mol. The molecule has 1 aromatic heterocycles. The zero-order valence-electron chi connectivity index (χ0n) is 13.0. The van der Waals surface area contributed by atoms with Gasteiger partial charge in [0.25, 0.3) is 0 Å². The standard InChI is InChI=1S/C16H27N3S/c1-4-17-16(9-10-19(3)12(2)11-16)15-18-13-7-5-6-8-14(13)20-15/h12,17H,4-11H2,1-3H3. The molecule has 2 unspecified atom stereocenters. The molecule has 0 saturated carbocycles. The monoisotopic (exact) mass is 293 g/mol. The minimum atomic E-state index is 0.128. The number of aromatic nitrogens is 1. The maximum absolute atomic E-state index is 5.06. The van der Waals surface area contributed by atoms with Gasteiger partial charge in [-0.25, -0.2) is 4.98 Å². The van der Waals surface area contributed by atoms with E-state index in [9.17, 15) is 0 Å². The number of fused-ring (bicyclic) bond motifs is 1. The molecule has 0 amide bonds. The molecule has 3 nitrogen and oxygen atoms in total. The van der Waals surface area contributed by atoms with Crippen molar-refractivity contribution in [1.29, 1.82) is 0 Å². The van der Waals surface area contributed by atoms with Crippen molar-refractivity contribution in [2.75, 3.05) is 20.1 Å². The predicted octanol–water partition coefficient (Wildman–Crippen LogP) is 2.94. The van der Waals surface area contributed by atoms with Crippen LogP contribution in [0.2, 0.25) is 0 Å². The minimum Gasteiger partial charge on any atom is -0.306 e. The Hall–Kier alpha value is -0.450. The molecule has 2 heterocycles. The fourth-order valence-corrected chi connectivity index (χ4v) is 5.03. The highest BCUT2D eigenvalue weighted by Gasteiger charge is 2.40. The van der Waals surface area contributed by atoms with E-state index in [2.05, 4.69) is 31.1 Å². The van der Waals surface area contributed by atoms with Crippen LogP contribution in [0.25, 0.3) is 0 Å². The summed E-state index contributed by atoms with van der Waals surface area (Å²) in [5.74, 6) is 0. The van der Waals surface area contributed by atoms with Gasteiger partial charge in [-0.15, -0.1) is 11.3 Å². The summed E-state index contributed by atoms with van der Waals surface area (Å²) in [4.78, 5) is 9.10. The van der Waals surface area contributed by atoms with Crippen LogP contribution in [0.15, 0.2) is 0 Å². The Bertz CT molecular complexity index is 447. The highest BCUT2D eigenvalue weighted by Crippen LogP contribution is 2.40. The maximum atomic E-state index is 5.06. The van der Waals surface area contributed by atoms with Gasteiger partial charge in [0.05, 0.1) is 11.2 Å². The van der Waals surface area contributed by atoms with Crippen molar-refractivity contribution in [3.8, 4) is 0 Å². The Balaban J connectivity index is 1.91. The molecule has 1 N–H and O–H groups in total. The third-order valence-corrected chi connectivity index (χ3v) is 6.42. The third-order valence-electron chi connectivity index (χ3n) is 5.06. The molecular weight excluding hydrogens is 266 g/mol. The Morgan fingerprint density at radius 2 is 2.20 bits per heavy atom. The zero-order chi connectivity index (χ0) is 14.2. The molecule has 1 aliphatic heterocycles. The highest BCUT2D eigenvalue weighted by molar-refractivity contribution is 7.11. The van der Waals surface area contributed by atoms with Crippen molar-refractivity contribution < 1.29 is 0 Å². The summed E-state index contributed by atoms with van der Waals surface area (Å²) in [7, 11) is 2.24. The van der Waals surface area contributed by atoms with Crippen LogP contribution < -0.4 is 5.32 Å². The second kappa shape index (κ2) is 5.74. The average molecular weight is 293 g/mol. The topological polar surface area (TPSA) is 28.2 Å². The van der Waals surface area contributed by atoms with Crippen LogP contribution in [0.3, 0.4) is 0 Å². The van der Waals surface area contributed by atoms with E-state index in [0.717, 1.165) is 6.54 Å². The van der Waals surface area contributed by atoms with Gasteiger partial charge in [-0.1, -0.05) is 6.92 Å². The first-order chi connectivity index (χ1) is 9.64. The van der Waals surface area contributed by atoms with Crippen molar-refractivity contribution in [3.05, 3.63) is 15.6 Å². The van der Waals surface area contributed by atoms with E-state index < -0.39 is 0 Å². The lowest BCUT2D eigenvalue weighted by Crippen LogP contribution is -2.53. The van der Waals surface area contributed by atoms with E-state index in [1.807, 2.05) is 11.3 Å². The van der Waals surface area contributed by atoms with Crippen molar-refractivity contribution in [2.45, 2.75) is 64.0 Å². The number of nitrogens with one attached hydrogen (secondary N) is 1. The Morgan fingerprint density at radius 1 is 1.40 bits per heavy atom. The number of aryl methyl sites for hydroxylation is 2. The number of nitrogens with zero attached hydrogens (tertiary/aromatic N) is 2. The van der Waals surface area contributed by atoms with Crippen LogP contribution >= 0.6 is 11.3 Å². The van der Waals surface area contributed by atoms with Crippen molar-refractivity contribution in [2.24, 2.45) is 0 Å². The van der Waals surface area contributed by atoms with Crippen molar-refractivity contribution >= 4 is 11.3 Å². The van der Waals surface area contributed by atoms with Crippen molar-refractivity contribution in [3.63, 3.8) is 0 Å². The van der Waals surface area contributed by atoms with Gasteiger partial charge in [0.2, 0.25) is 0 Å². The van der Waals surface area contributed by atoms with Gasteiger partial charge in [0, 0.05) is 17.5 Å². The molecule has 0 radical (unpaired) electrons. The maximum Gasteiger partial charge on any atom is 0.113 e. The number of piperidine rings is 1. The number of hydrogen-bond acceptors (Lipinski definition) is 4. The highest BCUT2D eigenvalue weighted by atomic mass is 32.1. The van der Waals surface area contributed by atoms with Crippen LogP contribution in [0.4, 0.5) is 0 Å². The first kappa shape index (κ1) is 14.5. The molecule has 0 spiro atoms. The minimum absolute atomic E-state index is 0.128. The summed E-state index contributed by atoms with van der Waals surface area (Å²) in [6.45, 7) is 6.76. The second-order valence-electron chi connectivity index (χ2n) is 6.49. The van der Waals surface area contributed by atoms with Crippen LogP contribution in [-0.4, -0.2) is 36.1 Å². The van der Waals surface area contributed by atoms with Gasteiger partial charge >= 0.3 is 0 Å². The van der Waals surface area contributed by atoms with Gasteiger partial charge in [-0.05, 0) is 59.0 Å². The Kier molecular flexibility index (Phi) is 4.16. The van der Waals surface area contributed by atoms with Gasteiger partial charge in [-0.3, -0.25) is 0 Å². The van der Waals surface area contributed by atoms with Crippen molar-refractivity contribution in [1.82, 2.24) is 15.2 Å². The third kappa shape index (κ3) is 2.53. The summed E-state index contributed by atoms with van der Waals surface area (Å²) in [6, 6.07) is 0.628. The summed E-state index contributed by atoms with van der Waals surface area (Å²) < 4.78 is 0. The molecule has 112 valence electrons. The van der Waals surface area contributed by atoms with Crippen LogP contribution in [0.5, 0.6) is 0 Å². The summed E-state index contributed by atoms with van der Waals surface area (Å²) in [5.41, 5.74) is 1.53. The Labute approximate surface area is 126 Å². The van der Waals surface area contributed by atoms with E-state index in [0.29, 0.717) is 6.04 Å². The summed E-state index contributed by atoms with van der Waals surface area (Å²) >= 11 is 1.99. The number of likely N-dealkylation sites (tertiary alicyclic amines) is 1. The Morgan fingerprint density at radius 3 is 2.90 bits per heavy atom. The fourth-order valence-electron chi connectivity index (χ4n) is 3.68. The van der Waals surface area contributed by atoms with E-state index in [1.165, 1.54) is 55.8 Å². The lowest BCUT2D eigenvalue weighted by atomic mass is 9.84. The number of hydrogen-bond donors (Lipinski definition) is 1. The van der Waals surface area contributed by atoms with Crippen LogP contribution in [0, 0.1) is 0 Å². The fraction of sp³-hybridized carbons (Fsp3) is 0.812. The molecule has 2 atom stereocenters. The van der Waals surface area contributed by atoms with Crippen LogP contribution in [0.1, 0.15) is 55.1 Å². The van der Waals surface area contributed by atoms with E-state index >= 15 is 0 Å². The SMILES string of the molecule is CCNC1(c2nc3c(s2)CCCC3)CCN(C)C(C)C1. The molecule has 3 rings (SSSR count). The quantitative estimate of drug-likeness (QED) is 0.929. The second-order valence-corrected chi connectivity index (χ2v) is 7.58. The lowest BCUT2D eigenvalue weighted by molar-refractivity contribution is 0.107. The largest absolute Gasteiger partial charge is 0.306 e. The molecule has 4 heteroatoms. The molecule has 0 aromatic carbocycles. The smallest absolute Gasteiger partial charge is 0.113 e. The molecule has 1 aliphatic carbocycles. The van der Waals surface area contributed by atoms with Gasteiger partial charge < -0.3 is 10.2 Å². The van der Waals surface area contributed by atoms with Gasteiger partial charge in [-0.2, -0.15) is 0 Å². The molecule has 2 aliphatic rings. The number of thiazole rings is 1. The molecule has 20 heavy (non-hydrogen) atoms. The molecular formula is C16H27N3S. The molecule has 1 aromatic rings. The molecule has 1 saturated heterocycles. The summed E-state index contributed by atoms with van der Waals surface area (Å²) in [6.07, 6.45) is 7.50. The van der Waals surface area contributed by atoms with E-state index in [-0.39, 0.29) is 5.54 Å². The lowest BCUT2D eigenvalue weighted by Gasteiger charge is -2.43. The van der Waals surface area contributed by atoms with Crippen LogP contribution in [-0.2, 0) is 18.4 Å². The van der Waals surface area contributed by atoms with E-state index in [4.69, 9.17) is 4.98 Å². The zero-order valence-corrected chi connectivity index (χ0v) is 13.9. The molecule has 0 bridgehead atoms. The van der Waals surface area contributed by atoms with Gasteiger partial charge in [0.1, 0.15) is 5.01 Å². The number of rotatable bonds is 3. The summed E-state index contributed by atoms with van der Waals surface area (Å²) in [5, 5.41) is 5.16. The normalized spacial score (nSPS) is 31.2. The first-order valence-electron chi connectivity index (χ1n) is 8.09.